The zero-order valence-electron chi connectivity index (χ0n) is 21.6. The second kappa shape index (κ2) is 8.66. The van der Waals surface area contributed by atoms with Gasteiger partial charge in [0.15, 0.2) is 0 Å². The average Bonchev–Trinajstić information content (AvgIpc) is 3.09. The highest BCUT2D eigenvalue weighted by Crippen LogP contribution is 2.66. The number of hydrogen-bond donors (Lipinski definition) is 1. The summed E-state index contributed by atoms with van der Waals surface area (Å²) in [5, 5.41) is 10.5. The molecule has 0 radical (unpaired) electrons. The van der Waals surface area contributed by atoms with Crippen LogP contribution in [0, 0.1) is 52.3 Å². The molecule has 0 aromatic carbocycles. The van der Waals surface area contributed by atoms with Crippen molar-refractivity contribution in [3.63, 3.8) is 0 Å². The standard InChI is InChI=1S/C30H50O/c1-8-22(19(2)3)10-9-20(4)23-17-27-24-11-12-25-21(5)28(31)14-16-30(25,7)26(24)13-15-29(27,6)18-23/h8,11,19-21,23,25-28,31H,9-10,12-18H2,1-7H3. The molecule has 3 saturated carbocycles. The molecule has 4 aliphatic carbocycles. The predicted octanol–water partition coefficient (Wildman–Crippen LogP) is 8.19. The van der Waals surface area contributed by atoms with Gasteiger partial charge in [-0.25, -0.2) is 0 Å². The number of allylic oxidation sites excluding steroid dienone is 4. The minimum atomic E-state index is -0.0773. The molecule has 0 spiro atoms. The third kappa shape index (κ3) is 4.00. The van der Waals surface area contributed by atoms with Gasteiger partial charge in [0.05, 0.1) is 6.10 Å². The fourth-order valence-corrected chi connectivity index (χ4v) is 8.89. The lowest BCUT2D eigenvalue weighted by Crippen LogP contribution is -2.51. The smallest absolute Gasteiger partial charge is 0.0568 e. The summed E-state index contributed by atoms with van der Waals surface area (Å²) >= 11 is 0. The zero-order valence-corrected chi connectivity index (χ0v) is 21.6. The van der Waals surface area contributed by atoms with Crippen LogP contribution in [-0.2, 0) is 0 Å². The number of aliphatic hydroxyl groups is 1. The molecule has 4 rings (SSSR count). The maximum atomic E-state index is 10.5. The molecule has 0 heterocycles. The first-order valence-corrected chi connectivity index (χ1v) is 13.6. The highest BCUT2D eigenvalue weighted by atomic mass is 16.3. The maximum absolute atomic E-state index is 10.5. The van der Waals surface area contributed by atoms with Gasteiger partial charge in [0, 0.05) is 0 Å². The fourth-order valence-electron chi connectivity index (χ4n) is 8.89. The number of hydrogen-bond acceptors (Lipinski definition) is 1. The first-order chi connectivity index (χ1) is 14.6. The topological polar surface area (TPSA) is 20.2 Å². The van der Waals surface area contributed by atoms with Crippen LogP contribution in [0.2, 0.25) is 0 Å². The lowest BCUT2D eigenvalue weighted by Gasteiger charge is -2.58. The van der Waals surface area contributed by atoms with Gasteiger partial charge in [0.2, 0.25) is 0 Å². The maximum Gasteiger partial charge on any atom is 0.0568 e. The molecule has 1 nitrogen and oxygen atoms in total. The normalized spacial score (nSPS) is 46.2. The van der Waals surface area contributed by atoms with Gasteiger partial charge >= 0.3 is 0 Å². The van der Waals surface area contributed by atoms with E-state index in [9.17, 15) is 5.11 Å². The van der Waals surface area contributed by atoms with Gasteiger partial charge in [-0.15, -0.1) is 0 Å². The monoisotopic (exact) mass is 426 g/mol. The largest absolute Gasteiger partial charge is 0.393 e. The summed E-state index contributed by atoms with van der Waals surface area (Å²) in [4.78, 5) is 0. The molecule has 0 amide bonds. The Labute approximate surface area is 193 Å². The third-order valence-electron chi connectivity index (χ3n) is 11.2. The summed E-state index contributed by atoms with van der Waals surface area (Å²) in [5.74, 6) is 5.18. The van der Waals surface area contributed by atoms with Crippen LogP contribution in [0.4, 0.5) is 0 Å². The lowest BCUT2D eigenvalue weighted by molar-refractivity contribution is -0.0735. The van der Waals surface area contributed by atoms with Crippen molar-refractivity contribution < 1.29 is 5.11 Å². The minimum absolute atomic E-state index is 0.0773. The Morgan fingerprint density at radius 3 is 2.58 bits per heavy atom. The first-order valence-electron chi connectivity index (χ1n) is 13.6. The molecule has 176 valence electrons. The van der Waals surface area contributed by atoms with Crippen LogP contribution >= 0.6 is 0 Å². The second-order valence-electron chi connectivity index (χ2n) is 13.0. The summed E-state index contributed by atoms with van der Waals surface area (Å²) in [7, 11) is 0. The van der Waals surface area contributed by atoms with Crippen LogP contribution in [0.5, 0.6) is 0 Å². The van der Waals surface area contributed by atoms with Crippen molar-refractivity contribution in [1.82, 2.24) is 0 Å². The van der Waals surface area contributed by atoms with E-state index in [1.165, 1.54) is 51.4 Å². The van der Waals surface area contributed by atoms with Gasteiger partial charge in [0.25, 0.3) is 0 Å². The SMILES string of the molecule is CC=C(CCC(C)C1CC2C3=CCC4C(C)C(O)CCC4(C)C3CCC2(C)C1)C(C)C. The van der Waals surface area contributed by atoms with E-state index in [0.717, 1.165) is 30.1 Å². The quantitative estimate of drug-likeness (QED) is 0.439. The zero-order chi connectivity index (χ0) is 22.6. The minimum Gasteiger partial charge on any atom is -0.393 e. The Kier molecular flexibility index (Phi) is 6.59. The van der Waals surface area contributed by atoms with Gasteiger partial charge in [-0.2, -0.15) is 0 Å². The van der Waals surface area contributed by atoms with Crippen molar-refractivity contribution in [3.8, 4) is 0 Å². The van der Waals surface area contributed by atoms with Crippen molar-refractivity contribution in [2.24, 2.45) is 52.3 Å². The molecule has 0 aromatic rings. The molecule has 0 aromatic heterocycles. The van der Waals surface area contributed by atoms with Crippen LogP contribution in [0.3, 0.4) is 0 Å². The summed E-state index contributed by atoms with van der Waals surface area (Å²) in [6.45, 7) is 17.0. The van der Waals surface area contributed by atoms with E-state index in [2.05, 4.69) is 60.6 Å². The Bertz CT molecular complexity index is 716. The van der Waals surface area contributed by atoms with Crippen molar-refractivity contribution in [3.05, 3.63) is 23.3 Å². The molecular formula is C30H50O. The molecule has 9 atom stereocenters. The van der Waals surface area contributed by atoms with Crippen LogP contribution < -0.4 is 0 Å². The molecule has 31 heavy (non-hydrogen) atoms. The third-order valence-corrected chi connectivity index (χ3v) is 11.2. The second-order valence-corrected chi connectivity index (χ2v) is 13.0. The number of rotatable bonds is 5. The van der Waals surface area contributed by atoms with E-state index in [1.54, 1.807) is 5.57 Å². The summed E-state index contributed by atoms with van der Waals surface area (Å²) in [5.41, 5.74) is 4.47. The first kappa shape index (κ1) is 23.6. The lowest BCUT2D eigenvalue weighted by atomic mass is 9.47. The summed E-state index contributed by atoms with van der Waals surface area (Å²) in [6.07, 6.45) is 16.8. The van der Waals surface area contributed by atoms with E-state index in [1.807, 2.05) is 5.57 Å². The molecule has 3 fully saturated rings. The Balaban J connectivity index is 1.49. The number of fused-ring (bicyclic) bond motifs is 5. The molecule has 0 saturated heterocycles. The van der Waals surface area contributed by atoms with E-state index in [-0.39, 0.29) is 6.10 Å². The summed E-state index contributed by atoms with van der Waals surface area (Å²) in [6, 6.07) is 0. The van der Waals surface area contributed by atoms with Crippen LogP contribution in [0.25, 0.3) is 0 Å². The van der Waals surface area contributed by atoms with Crippen molar-refractivity contribution >= 4 is 0 Å². The van der Waals surface area contributed by atoms with Crippen LogP contribution in [0.1, 0.15) is 106 Å². The Hall–Kier alpha value is -0.560. The fraction of sp³-hybridized carbons (Fsp3) is 0.867. The van der Waals surface area contributed by atoms with Crippen LogP contribution in [0.15, 0.2) is 23.3 Å². The average molecular weight is 427 g/mol. The van der Waals surface area contributed by atoms with Crippen molar-refractivity contribution in [2.75, 3.05) is 0 Å². The van der Waals surface area contributed by atoms with E-state index < -0.39 is 0 Å². The van der Waals surface area contributed by atoms with Gasteiger partial charge in [0.1, 0.15) is 0 Å². The van der Waals surface area contributed by atoms with E-state index in [0.29, 0.717) is 28.6 Å². The predicted molar refractivity (Wildman–Crippen MR) is 133 cm³/mol. The van der Waals surface area contributed by atoms with Crippen molar-refractivity contribution in [2.45, 2.75) is 112 Å². The molecule has 1 heteroatoms. The molecular weight excluding hydrogens is 376 g/mol. The van der Waals surface area contributed by atoms with Crippen molar-refractivity contribution in [1.29, 1.82) is 0 Å². The van der Waals surface area contributed by atoms with Gasteiger partial charge in [-0.3, -0.25) is 0 Å². The van der Waals surface area contributed by atoms with Crippen LogP contribution in [-0.4, -0.2) is 11.2 Å². The molecule has 1 N–H and O–H groups in total. The molecule has 9 unspecified atom stereocenters. The van der Waals surface area contributed by atoms with Gasteiger partial charge in [-0.05, 0) is 117 Å². The molecule has 4 aliphatic rings. The van der Waals surface area contributed by atoms with Gasteiger partial charge < -0.3 is 5.11 Å². The summed E-state index contributed by atoms with van der Waals surface area (Å²) < 4.78 is 0. The van der Waals surface area contributed by atoms with E-state index in [4.69, 9.17) is 0 Å². The van der Waals surface area contributed by atoms with E-state index >= 15 is 0 Å². The van der Waals surface area contributed by atoms with Gasteiger partial charge in [-0.1, -0.05) is 64.8 Å². The highest BCUT2D eigenvalue weighted by molar-refractivity contribution is 5.27. The molecule has 0 bridgehead atoms. The Morgan fingerprint density at radius 1 is 1.16 bits per heavy atom. The highest BCUT2D eigenvalue weighted by Gasteiger charge is 2.57. The molecule has 0 aliphatic heterocycles. The number of aliphatic hydroxyl groups excluding tert-OH is 1. The Morgan fingerprint density at radius 2 is 1.90 bits per heavy atom.